The molecular formula is C8H8BrNS. The molecule has 3 heteroatoms. The Kier molecular flexibility index (Phi) is 1.93. The van der Waals surface area contributed by atoms with Crippen LogP contribution in [0.1, 0.15) is 12.8 Å². The topological polar surface area (TPSA) is 12.4 Å². The Hall–Kier alpha value is -0.0200. The maximum absolute atomic E-state index is 5.20. The number of thiocarbonyl (C=S) groups is 1. The van der Waals surface area contributed by atoms with Gasteiger partial charge in [-0.25, -0.2) is 0 Å². The van der Waals surface area contributed by atoms with Crippen LogP contribution in [-0.4, -0.2) is 17.1 Å². The van der Waals surface area contributed by atoms with Crippen LogP contribution in [0.2, 0.25) is 0 Å². The van der Waals surface area contributed by atoms with E-state index in [-0.39, 0.29) is 0 Å². The monoisotopic (exact) mass is 229 g/mol. The van der Waals surface area contributed by atoms with Crippen LogP contribution in [0.25, 0.3) is 0 Å². The molecule has 0 radical (unpaired) electrons. The molecule has 1 fully saturated rings. The number of aliphatic imine (C=N–C) groups is 1. The summed E-state index contributed by atoms with van der Waals surface area (Å²) in [5, 5.41) is 0. The standard InChI is InChI=1S/C8H8BrNS/c9-6-3-7(11)8(10-4-6)5-1-2-5/h3-5,8H,1-2H2. The van der Waals surface area contributed by atoms with Crippen molar-refractivity contribution in [2.24, 2.45) is 10.9 Å². The minimum atomic E-state index is 0.311. The third-order valence-corrected chi connectivity index (χ3v) is 2.79. The molecule has 0 aromatic carbocycles. The van der Waals surface area contributed by atoms with Crippen molar-refractivity contribution in [2.45, 2.75) is 18.9 Å². The van der Waals surface area contributed by atoms with E-state index in [1.165, 1.54) is 12.8 Å². The molecule has 0 bridgehead atoms. The van der Waals surface area contributed by atoms with Gasteiger partial charge >= 0.3 is 0 Å². The summed E-state index contributed by atoms with van der Waals surface area (Å²) in [4.78, 5) is 5.36. The van der Waals surface area contributed by atoms with Crippen LogP contribution >= 0.6 is 28.1 Å². The van der Waals surface area contributed by atoms with Crippen LogP contribution in [0.4, 0.5) is 0 Å². The zero-order chi connectivity index (χ0) is 7.84. The highest BCUT2D eigenvalue weighted by Crippen LogP contribution is 2.36. The molecule has 0 N–H and O–H groups in total. The van der Waals surface area contributed by atoms with E-state index in [9.17, 15) is 0 Å². The Morgan fingerprint density at radius 1 is 1.55 bits per heavy atom. The Balaban J connectivity index is 2.15. The molecule has 58 valence electrons. The molecule has 0 aromatic rings. The third-order valence-electron chi connectivity index (χ3n) is 2.00. The average molecular weight is 230 g/mol. The minimum Gasteiger partial charge on any atom is -0.283 e. The predicted octanol–water partition coefficient (Wildman–Crippen LogP) is 2.50. The van der Waals surface area contributed by atoms with Crippen molar-refractivity contribution in [3.63, 3.8) is 0 Å². The highest BCUT2D eigenvalue weighted by molar-refractivity contribution is 9.12. The first kappa shape index (κ1) is 7.62. The first-order valence-electron chi connectivity index (χ1n) is 3.71. The lowest BCUT2D eigenvalue weighted by molar-refractivity contribution is 0.758. The molecule has 0 aromatic heterocycles. The van der Waals surface area contributed by atoms with Gasteiger partial charge in [-0.05, 0) is 40.8 Å². The van der Waals surface area contributed by atoms with Crippen molar-refractivity contribution in [1.29, 1.82) is 0 Å². The van der Waals surface area contributed by atoms with Gasteiger partial charge in [0.25, 0.3) is 0 Å². The van der Waals surface area contributed by atoms with E-state index >= 15 is 0 Å². The number of nitrogens with zero attached hydrogens (tertiary/aromatic N) is 1. The van der Waals surface area contributed by atoms with E-state index in [1.54, 1.807) is 0 Å². The Bertz CT molecular complexity index is 253. The molecule has 1 unspecified atom stereocenters. The summed E-state index contributed by atoms with van der Waals surface area (Å²) in [7, 11) is 0. The van der Waals surface area contributed by atoms with Gasteiger partial charge in [0, 0.05) is 15.6 Å². The summed E-state index contributed by atoms with van der Waals surface area (Å²) in [6.07, 6.45) is 6.45. The Morgan fingerprint density at radius 3 is 2.82 bits per heavy atom. The summed E-state index contributed by atoms with van der Waals surface area (Å²) in [5.74, 6) is 0.746. The van der Waals surface area contributed by atoms with Gasteiger partial charge in [0.1, 0.15) is 0 Å². The average Bonchev–Trinajstić information content (AvgIpc) is 2.70. The van der Waals surface area contributed by atoms with E-state index in [4.69, 9.17) is 12.2 Å². The van der Waals surface area contributed by atoms with Gasteiger partial charge in [-0.3, -0.25) is 4.99 Å². The second kappa shape index (κ2) is 2.79. The molecule has 0 amide bonds. The molecule has 2 aliphatic rings. The Labute approximate surface area is 79.7 Å². The van der Waals surface area contributed by atoms with Gasteiger partial charge in [0.05, 0.1) is 6.04 Å². The number of hydrogen-bond acceptors (Lipinski definition) is 2. The summed E-state index contributed by atoms with van der Waals surface area (Å²) < 4.78 is 0.999. The van der Waals surface area contributed by atoms with Crippen molar-refractivity contribution < 1.29 is 0 Å². The Morgan fingerprint density at radius 2 is 2.27 bits per heavy atom. The molecule has 2 rings (SSSR count). The lowest BCUT2D eigenvalue weighted by Gasteiger charge is -2.13. The molecule has 1 saturated carbocycles. The second-order valence-corrected chi connectivity index (χ2v) is 4.38. The summed E-state index contributed by atoms with van der Waals surface area (Å²) >= 11 is 8.55. The molecule has 1 heterocycles. The first-order chi connectivity index (χ1) is 5.27. The van der Waals surface area contributed by atoms with E-state index in [0.29, 0.717) is 6.04 Å². The zero-order valence-corrected chi connectivity index (χ0v) is 8.36. The smallest absolute Gasteiger partial charge is 0.0878 e. The lowest BCUT2D eigenvalue weighted by atomic mass is 10.1. The fraction of sp³-hybridized carbons (Fsp3) is 0.500. The van der Waals surface area contributed by atoms with Gasteiger partial charge < -0.3 is 0 Å². The van der Waals surface area contributed by atoms with Crippen molar-refractivity contribution >= 4 is 39.2 Å². The van der Waals surface area contributed by atoms with Crippen LogP contribution < -0.4 is 0 Å². The quantitative estimate of drug-likeness (QED) is 0.630. The number of allylic oxidation sites excluding steroid dienone is 1. The largest absolute Gasteiger partial charge is 0.283 e. The van der Waals surface area contributed by atoms with E-state index in [1.807, 2.05) is 12.3 Å². The number of rotatable bonds is 1. The van der Waals surface area contributed by atoms with Crippen molar-refractivity contribution in [3.8, 4) is 0 Å². The van der Waals surface area contributed by atoms with E-state index in [2.05, 4.69) is 20.9 Å². The van der Waals surface area contributed by atoms with Crippen LogP contribution in [0.3, 0.4) is 0 Å². The molecule has 1 nitrogen and oxygen atoms in total. The van der Waals surface area contributed by atoms with Crippen LogP contribution in [0, 0.1) is 5.92 Å². The van der Waals surface area contributed by atoms with Crippen LogP contribution in [0.15, 0.2) is 15.6 Å². The molecule has 0 saturated heterocycles. The maximum atomic E-state index is 5.20. The molecule has 11 heavy (non-hydrogen) atoms. The molecule has 0 spiro atoms. The summed E-state index contributed by atoms with van der Waals surface area (Å²) in [6.45, 7) is 0. The maximum Gasteiger partial charge on any atom is 0.0878 e. The number of hydrogen-bond donors (Lipinski definition) is 0. The van der Waals surface area contributed by atoms with Crippen LogP contribution in [-0.2, 0) is 0 Å². The lowest BCUT2D eigenvalue weighted by Crippen LogP contribution is -2.20. The first-order valence-corrected chi connectivity index (χ1v) is 4.92. The minimum absolute atomic E-state index is 0.311. The molecule has 1 aliphatic heterocycles. The normalized spacial score (nSPS) is 30.5. The highest BCUT2D eigenvalue weighted by Gasteiger charge is 2.33. The van der Waals surface area contributed by atoms with Gasteiger partial charge in [-0.1, -0.05) is 12.2 Å². The van der Waals surface area contributed by atoms with Gasteiger partial charge in [0.2, 0.25) is 0 Å². The highest BCUT2D eigenvalue weighted by atomic mass is 79.9. The third kappa shape index (κ3) is 1.59. The van der Waals surface area contributed by atoms with Crippen LogP contribution in [0.5, 0.6) is 0 Å². The molecule has 1 atom stereocenters. The van der Waals surface area contributed by atoms with Gasteiger partial charge in [-0.2, -0.15) is 0 Å². The summed E-state index contributed by atoms with van der Waals surface area (Å²) in [5.41, 5.74) is 0. The SMILES string of the molecule is S=C1C=C(Br)C=NC1C1CC1. The fourth-order valence-corrected chi connectivity index (χ4v) is 2.15. The molecular weight excluding hydrogens is 222 g/mol. The zero-order valence-electron chi connectivity index (χ0n) is 5.96. The van der Waals surface area contributed by atoms with E-state index < -0.39 is 0 Å². The van der Waals surface area contributed by atoms with Gasteiger partial charge in [-0.15, -0.1) is 0 Å². The number of dihydropyridines is 1. The van der Waals surface area contributed by atoms with Crippen molar-refractivity contribution in [1.82, 2.24) is 0 Å². The fourth-order valence-electron chi connectivity index (χ4n) is 1.25. The second-order valence-electron chi connectivity index (χ2n) is 2.99. The number of halogens is 1. The molecule has 1 aliphatic carbocycles. The predicted molar refractivity (Wildman–Crippen MR) is 54.6 cm³/mol. The summed E-state index contributed by atoms with van der Waals surface area (Å²) in [6, 6.07) is 0.311. The van der Waals surface area contributed by atoms with E-state index in [0.717, 1.165) is 15.3 Å². The van der Waals surface area contributed by atoms with Crippen molar-refractivity contribution in [2.75, 3.05) is 0 Å². The van der Waals surface area contributed by atoms with Gasteiger partial charge in [0.15, 0.2) is 0 Å². The van der Waals surface area contributed by atoms with Crippen molar-refractivity contribution in [3.05, 3.63) is 10.6 Å².